The van der Waals surface area contributed by atoms with Crippen LogP contribution < -0.4 is 5.84 Å². The first kappa shape index (κ1) is 20.8. The summed E-state index contributed by atoms with van der Waals surface area (Å²) in [6.45, 7) is 0. The maximum absolute atomic E-state index is 13.0. The zero-order valence-electron chi connectivity index (χ0n) is 13.4. The van der Waals surface area contributed by atoms with Crippen LogP contribution in [-0.2, 0) is 17.1 Å². The number of thiocarbonyl (C=S) groups is 1. The summed E-state index contributed by atoms with van der Waals surface area (Å²) < 4.78 is 78.1. The number of hydrazine groups is 1. The Hall–Kier alpha value is -1.89. The number of thioether (sulfide) groups is 1. The summed E-state index contributed by atoms with van der Waals surface area (Å²) in [7, 11) is 0. The Morgan fingerprint density at radius 2 is 1.54 bits per heavy atom. The van der Waals surface area contributed by atoms with Crippen molar-refractivity contribution in [2.75, 3.05) is 0 Å². The highest BCUT2D eigenvalue weighted by atomic mass is 32.2. The molecule has 12 heteroatoms. The van der Waals surface area contributed by atoms with Crippen molar-refractivity contribution in [1.29, 1.82) is 0 Å². The zero-order valence-corrected chi connectivity index (χ0v) is 15.8. The molecule has 2 N–H and O–H groups in total. The van der Waals surface area contributed by atoms with E-state index < -0.39 is 29.4 Å². The number of thiophene rings is 1. The Morgan fingerprint density at radius 1 is 0.964 bits per heavy atom. The fraction of sp³-hybridized carbons (Fsp3) is 0.125. The summed E-state index contributed by atoms with van der Waals surface area (Å²) >= 11 is 6.89. The summed E-state index contributed by atoms with van der Waals surface area (Å²) in [5, 5.41) is 2.19. The Labute approximate surface area is 167 Å². The van der Waals surface area contributed by atoms with Gasteiger partial charge in [-0.3, -0.25) is 4.79 Å². The molecule has 0 bridgehead atoms. The molecular formula is C16H8F6N2OS3. The van der Waals surface area contributed by atoms with Crippen molar-refractivity contribution in [3.8, 4) is 11.1 Å². The minimum absolute atomic E-state index is 0.0728. The predicted molar refractivity (Wildman–Crippen MR) is 99.0 cm³/mol. The molecule has 0 radical (unpaired) electrons. The smallest absolute Gasteiger partial charge is 0.267 e. The zero-order chi connectivity index (χ0) is 20.9. The molecule has 1 aromatic carbocycles. The van der Waals surface area contributed by atoms with Crippen LogP contribution in [0.3, 0.4) is 0 Å². The molecule has 0 spiro atoms. The van der Waals surface area contributed by atoms with E-state index in [1.807, 2.05) is 0 Å². The van der Waals surface area contributed by atoms with Crippen LogP contribution >= 0.6 is 35.3 Å². The van der Waals surface area contributed by atoms with E-state index in [2.05, 4.69) is 0 Å². The van der Waals surface area contributed by atoms with E-state index in [4.69, 9.17) is 18.1 Å². The predicted octanol–water partition coefficient (Wildman–Crippen LogP) is 5.53. The van der Waals surface area contributed by atoms with Crippen molar-refractivity contribution < 1.29 is 31.1 Å². The van der Waals surface area contributed by atoms with E-state index in [-0.39, 0.29) is 26.4 Å². The number of amides is 1. The molecule has 0 aliphatic carbocycles. The van der Waals surface area contributed by atoms with E-state index in [1.54, 1.807) is 0 Å². The molecule has 2 aromatic rings. The highest BCUT2D eigenvalue weighted by Gasteiger charge is 2.37. The second kappa shape index (κ2) is 7.17. The van der Waals surface area contributed by atoms with Crippen LogP contribution in [0, 0.1) is 0 Å². The average Bonchev–Trinajstić information content (AvgIpc) is 3.14. The van der Waals surface area contributed by atoms with Gasteiger partial charge in [0.25, 0.3) is 5.91 Å². The molecule has 2 heterocycles. The van der Waals surface area contributed by atoms with Crippen molar-refractivity contribution in [1.82, 2.24) is 5.01 Å². The third-order valence-electron chi connectivity index (χ3n) is 3.64. The molecule has 1 aliphatic heterocycles. The van der Waals surface area contributed by atoms with Crippen molar-refractivity contribution in [3.63, 3.8) is 0 Å². The summed E-state index contributed by atoms with van der Waals surface area (Å²) in [6.07, 6.45) is -8.42. The maximum Gasteiger partial charge on any atom is 0.416 e. The van der Waals surface area contributed by atoms with Gasteiger partial charge in [0.1, 0.15) is 0 Å². The van der Waals surface area contributed by atoms with Crippen molar-refractivity contribution in [2.24, 2.45) is 5.84 Å². The van der Waals surface area contributed by atoms with E-state index in [0.29, 0.717) is 17.0 Å². The Balaban J connectivity index is 2.01. The van der Waals surface area contributed by atoms with E-state index in [1.165, 1.54) is 17.5 Å². The summed E-state index contributed by atoms with van der Waals surface area (Å²) in [5.74, 6) is 4.91. The molecular weight excluding hydrogens is 446 g/mol. The number of rotatable bonds is 2. The molecule has 1 saturated heterocycles. The number of alkyl halides is 6. The van der Waals surface area contributed by atoms with Crippen LogP contribution in [0.2, 0.25) is 0 Å². The van der Waals surface area contributed by atoms with Crippen molar-refractivity contribution >= 4 is 51.6 Å². The number of hydrogen-bond donors (Lipinski definition) is 1. The van der Waals surface area contributed by atoms with Gasteiger partial charge in [-0.05, 0) is 46.8 Å². The largest absolute Gasteiger partial charge is 0.416 e. The Morgan fingerprint density at radius 3 is 2.00 bits per heavy atom. The quantitative estimate of drug-likeness (QED) is 0.213. The first-order valence-electron chi connectivity index (χ1n) is 7.27. The fourth-order valence-corrected chi connectivity index (χ4v) is 4.33. The van der Waals surface area contributed by atoms with Crippen LogP contribution in [0.4, 0.5) is 26.3 Å². The number of nitrogens with two attached hydrogens (primary N) is 1. The van der Waals surface area contributed by atoms with Crippen molar-refractivity contribution in [3.05, 3.63) is 50.6 Å². The van der Waals surface area contributed by atoms with E-state index in [9.17, 15) is 31.1 Å². The van der Waals surface area contributed by atoms with Gasteiger partial charge < -0.3 is 0 Å². The minimum atomic E-state index is -4.93. The van der Waals surface area contributed by atoms with E-state index >= 15 is 0 Å². The lowest BCUT2D eigenvalue weighted by atomic mass is 10.0. The normalized spacial score (nSPS) is 17.1. The van der Waals surface area contributed by atoms with Crippen LogP contribution in [0.1, 0.15) is 16.0 Å². The van der Waals surface area contributed by atoms with Gasteiger partial charge in [-0.25, -0.2) is 10.9 Å². The number of carbonyl (C=O) groups excluding carboxylic acids is 1. The number of carbonyl (C=O) groups is 1. The fourth-order valence-electron chi connectivity index (χ4n) is 2.31. The molecule has 1 fully saturated rings. The third kappa shape index (κ3) is 4.24. The first-order valence-corrected chi connectivity index (χ1v) is 9.38. The van der Waals surface area contributed by atoms with Gasteiger partial charge >= 0.3 is 12.4 Å². The summed E-state index contributed by atoms with van der Waals surface area (Å²) in [5.41, 5.74) is -2.86. The molecule has 0 atom stereocenters. The molecule has 1 aliphatic rings. The van der Waals surface area contributed by atoms with Gasteiger partial charge in [-0.1, -0.05) is 24.0 Å². The highest BCUT2D eigenvalue weighted by molar-refractivity contribution is 8.26. The van der Waals surface area contributed by atoms with E-state index in [0.717, 1.165) is 28.1 Å². The lowest BCUT2D eigenvalue weighted by Crippen LogP contribution is -2.34. The van der Waals surface area contributed by atoms with Gasteiger partial charge in [0.2, 0.25) is 0 Å². The first-order chi connectivity index (χ1) is 12.9. The maximum atomic E-state index is 13.0. The van der Waals surface area contributed by atoms with Gasteiger partial charge in [0.15, 0.2) is 4.32 Å². The minimum Gasteiger partial charge on any atom is -0.267 e. The van der Waals surface area contributed by atoms with Gasteiger partial charge in [-0.2, -0.15) is 26.3 Å². The number of nitrogens with zero attached hydrogens (tertiary/aromatic N) is 1. The SMILES string of the molecule is NN1C(=O)/C(=C/c2cc(-c3cc(C(F)(F)F)cc(C(F)(F)F)c3)cs2)SC1=S. The van der Waals surface area contributed by atoms with Crippen LogP contribution in [0.15, 0.2) is 34.6 Å². The molecule has 0 unspecified atom stereocenters. The standard InChI is InChI=1S/C16H8F6N2OS3/c17-15(18,19)9-1-7(2-10(4-9)16(20,21)22)8-3-11(27-6-8)5-12-13(25)24(23)14(26)28-12/h1-6H,23H2/b12-5-. The molecule has 3 rings (SSSR count). The monoisotopic (exact) mass is 454 g/mol. The van der Waals surface area contributed by atoms with Gasteiger partial charge in [-0.15, -0.1) is 11.3 Å². The summed E-state index contributed by atoms with van der Waals surface area (Å²) in [6, 6.07) is 2.77. The summed E-state index contributed by atoms with van der Waals surface area (Å²) in [4.78, 5) is 12.5. The molecule has 3 nitrogen and oxygen atoms in total. The molecule has 1 aromatic heterocycles. The second-order valence-corrected chi connectivity index (χ2v) is 8.20. The lowest BCUT2D eigenvalue weighted by molar-refractivity contribution is -0.143. The number of halogens is 6. The Bertz CT molecular complexity index is 961. The van der Waals surface area contributed by atoms with Gasteiger partial charge in [0.05, 0.1) is 16.0 Å². The van der Waals surface area contributed by atoms with Crippen molar-refractivity contribution in [2.45, 2.75) is 12.4 Å². The van der Waals surface area contributed by atoms with Crippen LogP contribution in [0.5, 0.6) is 0 Å². The third-order valence-corrected chi connectivity index (χ3v) is 5.85. The molecule has 28 heavy (non-hydrogen) atoms. The lowest BCUT2D eigenvalue weighted by Gasteiger charge is -2.13. The Kier molecular flexibility index (Phi) is 5.34. The van der Waals surface area contributed by atoms with Crippen LogP contribution in [0.25, 0.3) is 17.2 Å². The number of hydrogen-bond acceptors (Lipinski definition) is 5. The highest BCUT2D eigenvalue weighted by Crippen LogP contribution is 2.40. The van der Waals surface area contributed by atoms with Crippen LogP contribution in [-0.4, -0.2) is 15.2 Å². The molecule has 0 saturated carbocycles. The van der Waals surface area contributed by atoms with Gasteiger partial charge in [0, 0.05) is 4.88 Å². The number of benzene rings is 1. The molecule has 148 valence electrons. The average molecular weight is 454 g/mol. The topological polar surface area (TPSA) is 46.3 Å². The molecule has 1 amide bonds. The second-order valence-electron chi connectivity index (χ2n) is 5.58.